The summed E-state index contributed by atoms with van der Waals surface area (Å²) in [5.41, 5.74) is 14.4. The highest BCUT2D eigenvalue weighted by Crippen LogP contribution is 2.53. The van der Waals surface area contributed by atoms with E-state index in [1.165, 1.54) is 97.5 Å². The number of benzene rings is 8. The zero-order valence-electron chi connectivity index (χ0n) is 32.0. The predicted octanol–water partition coefficient (Wildman–Crippen LogP) is 13.9. The second kappa shape index (κ2) is 12.4. The van der Waals surface area contributed by atoms with Gasteiger partial charge in [0.25, 0.3) is 0 Å². The molecule has 0 saturated heterocycles. The molecule has 2 aliphatic carbocycles. The zero-order chi connectivity index (χ0) is 37.8. The van der Waals surface area contributed by atoms with Crippen molar-refractivity contribution < 1.29 is 0 Å². The standard InChI is InChI=1S/C54H40N2S/c1-54(2)47-20-9-7-18-45(47)50-51(37-24-27-43-42-17-8-10-21-48(42)57-49(43)31-37)55-53(56-52(50)54)44-19-11-14-34-29-35(22-26-39(34)44)38-25-23-36-28-32-12-3-4-13-33(32)30-46(36)41-16-6-5-15-40(38)41/h3-22,24,26-31,38,51H,23,25H2,1-2H3,(H,55,56). The van der Waals surface area contributed by atoms with E-state index in [-0.39, 0.29) is 11.5 Å². The fraction of sp³-hybridized carbons (Fsp3) is 0.130. The highest BCUT2D eigenvalue weighted by Gasteiger charge is 2.43. The number of nitrogens with one attached hydrogen (secondary N) is 1. The molecule has 9 aromatic rings. The third-order valence-electron chi connectivity index (χ3n) is 13.1. The number of thiophene rings is 1. The van der Waals surface area contributed by atoms with Crippen LogP contribution in [0.15, 0.2) is 174 Å². The minimum Gasteiger partial charge on any atom is -0.342 e. The Bertz CT molecular complexity index is 3210. The number of hydrogen-bond donors (Lipinski definition) is 1. The van der Waals surface area contributed by atoms with Gasteiger partial charge in [0.05, 0.1) is 0 Å². The Balaban J connectivity index is 0.976. The van der Waals surface area contributed by atoms with Crippen LogP contribution < -0.4 is 5.32 Å². The van der Waals surface area contributed by atoms with Gasteiger partial charge in [-0.1, -0.05) is 159 Å². The Morgan fingerprint density at radius 2 is 1.26 bits per heavy atom. The lowest BCUT2D eigenvalue weighted by molar-refractivity contribution is 0.605. The highest BCUT2D eigenvalue weighted by atomic mass is 32.1. The number of hydrogen-bond acceptors (Lipinski definition) is 3. The van der Waals surface area contributed by atoms with E-state index < -0.39 is 0 Å². The quantitative estimate of drug-likeness (QED) is 0.191. The molecule has 1 aromatic heterocycles. The summed E-state index contributed by atoms with van der Waals surface area (Å²) in [6, 6.07) is 61.2. The minimum atomic E-state index is -0.193. The van der Waals surface area contributed by atoms with Crippen LogP contribution in [0, 0.1) is 0 Å². The van der Waals surface area contributed by atoms with Gasteiger partial charge in [0, 0.05) is 48.3 Å². The van der Waals surface area contributed by atoms with Gasteiger partial charge < -0.3 is 5.32 Å². The fourth-order valence-corrected chi connectivity index (χ4v) is 11.5. The molecule has 0 spiro atoms. The molecule has 0 saturated carbocycles. The van der Waals surface area contributed by atoms with Crippen molar-refractivity contribution in [3.05, 3.63) is 208 Å². The van der Waals surface area contributed by atoms with E-state index in [4.69, 9.17) is 4.99 Å². The maximum Gasteiger partial charge on any atom is 0.134 e. The van der Waals surface area contributed by atoms with Gasteiger partial charge in [0.1, 0.15) is 11.9 Å². The van der Waals surface area contributed by atoms with E-state index in [2.05, 4.69) is 183 Å². The van der Waals surface area contributed by atoms with Crippen LogP contribution in [0.25, 0.3) is 58.4 Å². The molecule has 57 heavy (non-hydrogen) atoms. The lowest BCUT2D eigenvalue weighted by atomic mass is 9.83. The monoisotopic (exact) mass is 748 g/mol. The molecule has 1 aliphatic heterocycles. The lowest BCUT2D eigenvalue weighted by Crippen LogP contribution is -2.36. The van der Waals surface area contributed by atoms with Crippen LogP contribution in [0.2, 0.25) is 0 Å². The van der Waals surface area contributed by atoms with Crippen molar-refractivity contribution >= 4 is 64.5 Å². The van der Waals surface area contributed by atoms with Crippen molar-refractivity contribution in [2.75, 3.05) is 0 Å². The largest absolute Gasteiger partial charge is 0.342 e. The molecule has 0 fully saturated rings. The second-order valence-corrected chi connectivity index (χ2v) is 17.7. The van der Waals surface area contributed by atoms with Crippen LogP contribution in [0.1, 0.15) is 71.2 Å². The van der Waals surface area contributed by atoms with Crippen LogP contribution in [0.5, 0.6) is 0 Å². The number of rotatable bonds is 3. The number of allylic oxidation sites excluding steroid dienone is 1. The summed E-state index contributed by atoms with van der Waals surface area (Å²) >= 11 is 1.88. The van der Waals surface area contributed by atoms with Crippen molar-refractivity contribution in [3.63, 3.8) is 0 Å². The Hall–Kier alpha value is -6.29. The molecule has 3 heteroatoms. The lowest BCUT2D eigenvalue weighted by Gasteiger charge is -2.31. The topological polar surface area (TPSA) is 24.4 Å². The van der Waals surface area contributed by atoms with Gasteiger partial charge in [-0.2, -0.15) is 0 Å². The maximum absolute atomic E-state index is 5.69. The summed E-state index contributed by atoms with van der Waals surface area (Å²) in [4.78, 5) is 5.69. The molecule has 272 valence electrons. The van der Waals surface area contributed by atoms with Gasteiger partial charge in [-0.05, 0) is 97.1 Å². The molecule has 3 aliphatic rings. The molecule has 2 heterocycles. The second-order valence-electron chi connectivity index (χ2n) is 16.6. The van der Waals surface area contributed by atoms with Gasteiger partial charge >= 0.3 is 0 Å². The van der Waals surface area contributed by atoms with Crippen molar-refractivity contribution in [2.45, 2.75) is 44.1 Å². The Morgan fingerprint density at radius 1 is 0.561 bits per heavy atom. The maximum atomic E-state index is 5.69. The minimum absolute atomic E-state index is 0.135. The Morgan fingerprint density at radius 3 is 2.18 bits per heavy atom. The van der Waals surface area contributed by atoms with Crippen LogP contribution in [0.3, 0.4) is 0 Å². The van der Waals surface area contributed by atoms with Crippen LogP contribution in [-0.4, -0.2) is 5.84 Å². The Labute approximate surface area is 336 Å². The van der Waals surface area contributed by atoms with Gasteiger partial charge in [0.15, 0.2) is 0 Å². The van der Waals surface area contributed by atoms with E-state index in [1.54, 1.807) is 0 Å². The van der Waals surface area contributed by atoms with Gasteiger partial charge in [-0.25, -0.2) is 0 Å². The summed E-state index contributed by atoms with van der Waals surface area (Å²) in [6.45, 7) is 4.72. The first kappa shape index (κ1) is 32.9. The number of aryl methyl sites for hydroxylation is 1. The first-order valence-electron chi connectivity index (χ1n) is 20.2. The molecular weight excluding hydrogens is 709 g/mol. The molecule has 1 N–H and O–H groups in total. The summed E-state index contributed by atoms with van der Waals surface area (Å²) < 4.78 is 2.64. The van der Waals surface area contributed by atoms with Crippen molar-refractivity contribution in [1.82, 2.24) is 5.32 Å². The molecule has 12 rings (SSSR count). The van der Waals surface area contributed by atoms with Crippen LogP contribution in [-0.2, 0) is 11.8 Å². The smallest absolute Gasteiger partial charge is 0.134 e. The van der Waals surface area contributed by atoms with Crippen LogP contribution in [0.4, 0.5) is 0 Å². The molecule has 2 atom stereocenters. The highest BCUT2D eigenvalue weighted by molar-refractivity contribution is 7.25. The molecule has 0 bridgehead atoms. The number of fused-ring (bicyclic) bond motifs is 10. The van der Waals surface area contributed by atoms with E-state index in [9.17, 15) is 0 Å². The molecule has 2 nitrogen and oxygen atoms in total. The van der Waals surface area contributed by atoms with Gasteiger partial charge in [-0.3, -0.25) is 4.99 Å². The predicted molar refractivity (Wildman–Crippen MR) is 242 cm³/mol. The van der Waals surface area contributed by atoms with Crippen LogP contribution >= 0.6 is 11.3 Å². The first-order valence-corrected chi connectivity index (χ1v) is 21.1. The normalized spacial score (nSPS) is 18.2. The Kier molecular flexibility index (Phi) is 7.13. The molecule has 0 amide bonds. The third kappa shape index (κ3) is 4.98. The summed E-state index contributed by atoms with van der Waals surface area (Å²) in [5.74, 6) is 1.24. The SMILES string of the molecule is CC1(C)C2=C(c3ccccc31)C(c1ccc3c(c1)sc1ccccc13)N=C(c1cccc3cc(C4CCc5cc6ccccc6cc5-c5ccccc54)ccc13)N2. The first-order chi connectivity index (χ1) is 28.0. The summed E-state index contributed by atoms with van der Waals surface area (Å²) in [7, 11) is 0. The number of nitrogens with zero attached hydrogens (tertiary/aromatic N) is 1. The molecule has 2 unspecified atom stereocenters. The molecule has 0 radical (unpaired) electrons. The molecular formula is C54H40N2S. The van der Waals surface area contributed by atoms with E-state index >= 15 is 0 Å². The summed E-state index contributed by atoms with van der Waals surface area (Å²) in [5, 5.41) is 11.7. The third-order valence-corrected chi connectivity index (χ3v) is 14.3. The average Bonchev–Trinajstić information content (AvgIpc) is 3.68. The van der Waals surface area contributed by atoms with E-state index in [1.807, 2.05) is 11.3 Å². The molecule has 8 aromatic carbocycles. The van der Waals surface area contributed by atoms with Crippen molar-refractivity contribution in [3.8, 4) is 11.1 Å². The van der Waals surface area contributed by atoms with Gasteiger partial charge in [-0.15, -0.1) is 11.3 Å². The zero-order valence-corrected chi connectivity index (χ0v) is 32.8. The summed E-state index contributed by atoms with van der Waals surface area (Å²) in [6.07, 6.45) is 2.11. The number of aliphatic imine (C=N–C) groups is 1. The fourth-order valence-electron chi connectivity index (χ4n) is 10.3. The average molecular weight is 749 g/mol. The van der Waals surface area contributed by atoms with E-state index in [0.29, 0.717) is 5.92 Å². The van der Waals surface area contributed by atoms with Crippen molar-refractivity contribution in [1.29, 1.82) is 0 Å². The van der Waals surface area contributed by atoms with E-state index in [0.717, 1.165) is 24.2 Å². The van der Waals surface area contributed by atoms with Crippen molar-refractivity contribution in [2.24, 2.45) is 4.99 Å². The van der Waals surface area contributed by atoms with Gasteiger partial charge in [0.2, 0.25) is 0 Å². The number of amidine groups is 1.